The number of carbonyl (C=O) groups excluding carboxylic acids is 2. The van der Waals surface area contributed by atoms with Gasteiger partial charge in [-0.3, -0.25) is 14.5 Å². The molecule has 43 heavy (non-hydrogen) atoms. The molecule has 0 bridgehead atoms. The van der Waals surface area contributed by atoms with Gasteiger partial charge in [-0.1, -0.05) is 60.2 Å². The minimum absolute atomic E-state index is 0.0817. The first-order valence-corrected chi connectivity index (χ1v) is 14.2. The van der Waals surface area contributed by atoms with Crippen molar-refractivity contribution in [2.75, 3.05) is 31.3 Å². The van der Waals surface area contributed by atoms with E-state index < -0.39 is 0 Å². The van der Waals surface area contributed by atoms with Gasteiger partial charge in [0.05, 0.1) is 23.6 Å². The number of ketones is 1. The molecule has 0 atom stereocenters. The van der Waals surface area contributed by atoms with Gasteiger partial charge in [-0.25, -0.2) is 4.98 Å². The Morgan fingerprint density at radius 2 is 1.37 bits per heavy atom. The van der Waals surface area contributed by atoms with Gasteiger partial charge in [0.1, 0.15) is 19.0 Å². The first kappa shape index (κ1) is 26.5. The molecule has 3 heterocycles. The highest BCUT2D eigenvalue weighted by Gasteiger charge is 2.28. The average Bonchev–Trinajstić information content (AvgIpc) is 3.06. The van der Waals surface area contributed by atoms with Crippen LogP contribution >= 0.6 is 0 Å². The molecule has 7 rings (SSSR count). The van der Waals surface area contributed by atoms with E-state index in [4.69, 9.17) is 19.2 Å². The minimum atomic E-state index is -0.270. The standard InChI is InChI=1S/C36H28N2O5/c1-23-7-9-25(10-8-23)32(39)21-38-31-19-26(11-13-33(31)43-22-36(38)40)29-17-28(24-5-3-2-4-6-24)18-30(37-29)27-12-14-34-35(20-27)42-16-15-41-34/h2-14,17-20H,15-16,21-22H2,1H3. The van der Waals surface area contributed by atoms with E-state index in [1.54, 1.807) is 12.1 Å². The molecule has 0 aliphatic carbocycles. The van der Waals surface area contributed by atoms with Crippen LogP contribution in [0.4, 0.5) is 5.69 Å². The van der Waals surface area contributed by atoms with Crippen LogP contribution in [-0.2, 0) is 4.79 Å². The number of carbonyl (C=O) groups is 2. The molecule has 0 saturated carbocycles. The van der Waals surface area contributed by atoms with Gasteiger partial charge in [0, 0.05) is 16.7 Å². The number of ether oxygens (including phenoxy) is 3. The van der Waals surface area contributed by atoms with E-state index >= 15 is 0 Å². The fourth-order valence-corrected chi connectivity index (χ4v) is 5.34. The highest BCUT2D eigenvalue weighted by atomic mass is 16.6. The van der Waals surface area contributed by atoms with Gasteiger partial charge in [-0.2, -0.15) is 0 Å². The van der Waals surface area contributed by atoms with Crippen LogP contribution in [-0.4, -0.2) is 43.0 Å². The van der Waals surface area contributed by atoms with E-state index in [1.807, 2.05) is 79.7 Å². The number of anilines is 1. The zero-order valence-electron chi connectivity index (χ0n) is 23.6. The number of pyridine rings is 1. The fraction of sp³-hybridized carbons (Fsp3) is 0.139. The molecule has 0 saturated heterocycles. The third kappa shape index (κ3) is 5.33. The summed E-state index contributed by atoms with van der Waals surface area (Å²) in [6.07, 6.45) is 0. The SMILES string of the molecule is Cc1ccc(C(=O)CN2C(=O)COc3ccc(-c4cc(-c5ccccc5)cc(-c5ccc6c(c5)OCCO6)n4)cc32)cc1. The lowest BCUT2D eigenvalue weighted by Crippen LogP contribution is -2.42. The first-order valence-electron chi connectivity index (χ1n) is 14.2. The van der Waals surface area contributed by atoms with Crippen LogP contribution in [0.15, 0.2) is 103 Å². The van der Waals surface area contributed by atoms with Crippen LogP contribution < -0.4 is 19.1 Å². The molecular formula is C36H28N2O5. The number of Topliss-reactive ketones (excluding diaryl/α,β-unsaturated/α-hetero) is 1. The molecule has 2 aliphatic rings. The molecule has 7 nitrogen and oxygen atoms in total. The molecule has 4 aromatic carbocycles. The lowest BCUT2D eigenvalue weighted by Gasteiger charge is -2.29. The van der Waals surface area contributed by atoms with Crippen molar-refractivity contribution in [1.82, 2.24) is 4.98 Å². The Morgan fingerprint density at radius 1 is 0.698 bits per heavy atom. The summed E-state index contributed by atoms with van der Waals surface area (Å²) in [5, 5.41) is 0. The summed E-state index contributed by atoms with van der Waals surface area (Å²) in [4.78, 5) is 32.8. The number of benzene rings is 4. The lowest BCUT2D eigenvalue weighted by atomic mass is 9.99. The predicted molar refractivity (Wildman–Crippen MR) is 165 cm³/mol. The van der Waals surface area contributed by atoms with Crippen molar-refractivity contribution < 1.29 is 23.8 Å². The summed E-state index contributed by atoms with van der Waals surface area (Å²) in [6, 6.07) is 33.0. The topological polar surface area (TPSA) is 78.0 Å². The van der Waals surface area contributed by atoms with E-state index in [0.717, 1.165) is 39.2 Å². The van der Waals surface area contributed by atoms with Crippen molar-refractivity contribution >= 4 is 17.4 Å². The van der Waals surface area contributed by atoms with E-state index in [9.17, 15) is 9.59 Å². The van der Waals surface area contributed by atoms with Gasteiger partial charge in [0.15, 0.2) is 23.9 Å². The molecule has 212 valence electrons. The first-order chi connectivity index (χ1) is 21.0. The Morgan fingerprint density at radius 3 is 2.12 bits per heavy atom. The van der Waals surface area contributed by atoms with Crippen LogP contribution in [0.5, 0.6) is 17.2 Å². The van der Waals surface area contributed by atoms with Gasteiger partial charge >= 0.3 is 0 Å². The molecule has 0 N–H and O–H groups in total. The number of aryl methyl sites for hydroxylation is 1. The Kier molecular flexibility index (Phi) is 6.83. The van der Waals surface area contributed by atoms with Crippen LogP contribution in [0.3, 0.4) is 0 Å². The fourth-order valence-electron chi connectivity index (χ4n) is 5.34. The number of nitrogens with zero attached hydrogens (tertiary/aromatic N) is 2. The molecule has 7 heteroatoms. The maximum absolute atomic E-state index is 13.2. The van der Waals surface area contributed by atoms with Gasteiger partial charge in [-0.05, 0) is 66.6 Å². The summed E-state index contributed by atoms with van der Waals surface area (Å²) in [5.41, 5.74) is 7.38. The van der Waals surface area contributed by atoms with Gasteiger partial charge < -0.3 is 14.2 Å². The zero-order chi connectivity index (χ0) is 29.3. The largest absolute Gasteiger partial charge is 0.486 e. The molecular weight excluding hydrogens is 540 g/mol. The lowest BCUT2D eigenvalue weighted by molar-refractivity contribution is -0.121. The Hall–Kier alpha value is -5.43. The zero-order valence-corrected chi connectivity index (χ0v) is 23.6. The number of amides is 1. The highest BCUT2D eigenvalue weighted by molar-refractivity contribution is 6.07. The number of rotatable bonds is 6. The quantitative estimate of drug-likeness (QED) is 0.210. The number of aromatic nitrogens is 1. The van der Waals surface area contributed by atoms with E-state index in [2.05, 4.69) is 18.2 Å². The average molecular weight is 569 g/mol. The number of hydrogen-bond acceptors (Lipinski definition) is 6. The van der Waals surface area contributed by atoms with Gasteiger partial charge in [0.2, 0.25) is 0 Å². The summed E-state index contributed by atoms with van der Waals surface area (Å²) < 4.78 is 17.3. The van der Waals surface area contributed by atoms with Crippen molar-refractivity contribution in [3.05, 3.63) is 114 Å². The maximum Gasteiger partial charge on any atom is 0.265 e. The van der Waals surface area contributed by atoms with Crippen LogP contribution in [0, 0.1) is 6.92 Å². The number of hydrogen-bond donors (Lipinski definition) is 0. The summed E-state index contributed by atoms with van der Waals surface area (Å²) in [6.45, 7) is 2.79. The van der Waals surface area contributed by atoms with Crippen LogP contribution in [0.1, 0.15) is 15.9 Å². The summed E-state index contributed by atoms with van der Waals surface area (Å²) in [5.74, 6) is 1.54. The second-order valence-electron chi connectivity index (χ2n) is 10.6. The third-order valence-electron chi connectivity index (χ3n) is 7.64. The molecule has 0 spiro atoms. The molecule has 1 amide bonds. The molecule has 5 aromatic rings. The van der Waals surface area contributed by atoms with Gasteiger partial charge in [-0.15, -0.1) is 0 Å². The maximum atomic E-state index is 13.2. The monoisotopic (exact) mass is 568 g/mol. The molecule has 1 aromatic heterocycles. The Bertz CT molecular complexity index is 1850. The van der Waals surface area contributed by atoms with Crippen molar-refractivity contribution in [1.29, 1.82) is 0 Å². The summed E-state index contributed by atoms with van der Waals surface area (Å²) >= 11 is 0. The molecule has 0 fully saturated rings. The van der Waals surface area contributed by atoms with Crippen molar-refractivity contribution in [3.63, 3.8) is 0 Å². The second-order valence-corrected chi connectivity index (χ2v) is 10.6. The predicted octanol–water partition coefficient (Wildman–Crippen LogP) is 6.77. The van der Waals surface area contributed by atoms with Crippen molar-refractivity contribution in [2.45, 2.75) is 6.92 Å². The van der Waals surface area contributed by atoms with E-state index in [-0.39, 0.29) is 24.8 Å². The van der Waals surface area contributed by atoms with Crippen LogP contribution in [0.2, 0.25) is 0 Å². The normalized spacial score (nSPS) is 13.7. The Labute approximate surface area is 249 Å². The molecule has 0 unspecified atom stereocenters. The smallest absolute Gasteiger partial charge is 0.265 e. The Balaban J connectivity index is 1.30. The van der Waals surface area contributed by atoms with Crippen molar-refractivity contribution in [3.8, 4) is 50.9 Å². The number of fused-ring (bicyclic) bond motifs is 2. The summed E-state index contributed by atoms with van der Waals surface area (Å²) in [7, 11) is 0. The molecule has 0 radical (unpaired) electrons. The minimum Gasteiger partial charge on any atom is -0.486 e. The van der Waals surface area contributed by atoms with Gasteiger partial charge in [0.25, 0.3) is 5.91 Å². The third-order valence-corrected chi connectivity index (χ3v) is 7.64. The van der Waals surface area contributed by atoms with E-state index in [0.29, 0.717) is 41.7 Å². The van der Waals surface area contributed by atoms with E-state index in [1.165, 1.54) is 4.90 Å². The van der Waals surface area contributed by atoms with Crippen molar-refractivity contribution in [2.24, 2.45) is 0 Å². The highest BCUT2D eigenvalue weighted by Crippen LogP contribution is 2.39. The second kappa shape index (κ2) is 11.1. The molecule has 2 aliphatic heterocycles. The van der Waals surface area contributed by atoms with Crippen LogP contribution in [0.25, 0.3) is 33.6 Å².